The van der Waals surface area contributed by atoms with E-state index in [1.54, 1.807) is 24.3 Å². The van der Waals surface area contributed by atoms with Gasteiger partial charge in [-0.1, -0.05) is 6.07 Å². The zero-order valence-corrected chi connectivity index (χ0v) is 11.8. The third-order valence-electron chi connectivity index (χ3n) is 2.94. The first-order valence-electron chi connectivity index (χ1n) is 6.44. The number of aromatic carboxylic acids is 1. The molecule has 1 amide bonds. The number of amides is 1. The molecule has 0 saturated heterocycles. The molecule has 2 aromatic rings. The summed E-state index contributed by atoms with van der Waals surface area (Å²) in [5.41, 5.74) is 3.42. The Hall–Kier alpha value is -2.82. The van der Waals surface area contributed by atoms with Gasteiger partial charge in [0.25, 0.3) is 0 Å². The highest BCUT2D eigenvalue weighted by molar-refractivity contribution is 5.90. The molecule has 108 valence electrons. The van der Waals surface area contributed by atoms with Gasteiger partial charge in [0.2, 0.25) is 5.91 Å². The van der Waals surface area contributed by atoms with Gasteiger partial charge in [-0.3, -0.25) is 4.79 Å². The van der Waals surface area contributed by atoms with E-state index in [9.17, 15) is 9.59 Å². The average molecular weight is 284 g/mol. The van der Waals surface area contributed by atoms with Crippen molar-refractivity contribution in [1.82, 2.24) is 0 Å². The van der Waals surface area contributed by atoms with Crippen LogP contribution in [0, 0.1) is 6.92 Å². The van der Waals surface area contributed by atoms with Gasteiger partial charge >= 0.3 is 5.97 Å². The quantitative estimate of drug-likeness (QED) is 0.804. The second-order valence-corrected chi connectivity index (χ2v) is 4.72. The number of carbonyl (C=O) groups excluding carboxylic acids is 1. The lowest BCUT2D eigenvalue weighted by Crippen LogP contribution is -2.06. The van der Waals surface area contributed by atoms with E-state index in [0.717, 1.165) is 16.9 Å². The third-order valence-corrected chi connectivity index (χ3v) is 2.94. The van der Waals surface area contributed by atoms with Crippen molar-refractivity contribution in [3.05, 3.63) is 53.6 Å². The lowest BCUT2D eigenvalue weighted by atomic mass is 10.1. The van der Waals surface area contributed by atoms with Crippen molar-refractivity contribution in [2.75, 3.05) is 10.6 Å². The van der Waals surface area contributed by atoms with Crippen molar-refractivity contribution >= 4 is 28.9 Å². The van der Waals surface area contributed by atoms with Crippen LogP contribution in [0.4, 0.5) is 17.1 Å². The molecule has 0 fully saturated rings. The topological polar surface area (TPSA) is 78.4 Å². The van der Waals surface area contributed by atoms with Crippen molar-refractivity contribution in [2.24, 2.45) is 0 Å². The summed E-state index contributed by atoms with van der Waals surface area (Å²) < 4.78 is 0. The summed E-state index contributed by atoms with van der Waals surface area (Å²) >= 11 is 0. The van der Waals surface area contributed by atoms with Gasteiger partial charge in [-0.15, -0.1) is 0 Å². The summed E-state index contributed by atoms with van der Waals surface area (Å²) in [5, 5.41) is 14.9. The Bertz CT molecular complexity index is 696. The molecule has 0 aromatic heterocycles. The summed E-state index contributed by atoms with van der Waals surface area (Å²) in [7, 11) is 0. The van der Waals surface area contributed by atoms with Crippen molar-refractivity contribution in [2.45, 2.75) is 13.8 Å². The number of carboxylic acid groups (broad SMARTS) is 1. The fourth-order valence-electron chi connectivity index (χ4n) is 1.97. The molecular formula is C16H16N2O3. The smallest absolute Gasteiger partial charge is 0.335 e. The Kier molecular flexibility index (Phi) is 4.23. The Labute approximate surface area is 122 Å². The van der Waals surface area contributed by atoms with Gasteiger partial charge in [0.1, 0.15) is 0 Å². The molecular weight excluding hydrogens is 268 g/mol. The maximum Gasteiger partial charge on any atom is 0.335 e. The minimum absolute atomic E-state index is 0.130. The molecule has 0 saturated carbocycles. The summed E-state index contributed by atoms with van der Waals surface area (Å²) in [6, 6.07) is 12.2. The molecule has 2 rings (SSSR count). The number of benzene rings is 2. The van der Waals surface area contributed by atoms with Gasteiger partial charge < -0.3 is 15.7 Å². The third kappa shape index (κ3) is 3.82. The Morgan fingerprint density at radius 2 is 1.76 bits per heavy atom. The van der Waals surface area contributed by atoms with Crippen LogP contribution in [-0.4, -0.2) is 17.0 Å². The Morgan fingerprint density at radius 3 is 2.38 bits per heavy atom. The number of nitrogens with one attached hydrogen (secondary N) is 2. The number of carboxylic acids is 1. The van der Waals surface area contributed by atoms with Gasteiger partial charge in [-0.25, -0.2) is 4.79 Å². The number of carbonyl (C=O) groups is 2. The van der Waals surface area contributed by atoms with Gasteiger partial charge in [-0.2, -0.15) is 0 Å². The monoisotopic (exact) mass is 284 g/mol. The molecule has 0 bridgehead atoms. The van der Waals surface area contributed by atoms with Crippen LogP contribution in [0.1, 0.15) is 22.8 Å². The van der Waals surface area contributed by atoms with Crippen LogP contribution in [0.2, 0.25) is 0 Å². The van der Waals surface area contributed by atoms with Crippen LogP contribution in [0.3, 0.4) is 0 Å². The average Bonchev–Trinajstić information content (AvgIpc) is 2.40. The van der Waals surface area contributed by atoms with Crippen LogP contribution in [-0.2, 0) is 4.79 Å². The molecule has 5 heteroatoms. The Balaban J connectivity index is 2.22. The molecule has 21 heavy (non-hydrogen) atoms. The maximum absolute atomic E-state index is 11.1. The molecule has 5 nitrogen and oxygen atoms in total. The standard InChI is InChI=1S/C16H16N2O3/c1-10-8-12(16(20)21)6-7-15(10)18-14-5-3-4-13(9-14)17-11(2)19/h3-9,18H,1-2H3,(H,17,19)(H,20,21). The van der Waals surface area contributed by atoms with E-state index < -0.39 is 5.97 Å². The highest BCUT2D eigenvalue weighted by Crippen LogP contribution is 2.23. The van der Waals surface area contributed by atoms with Gasteiger partial charge in [-0.05, 0) is 48.9 Å². The van der Waals surface area contributed by atoms with Crippen molar-refractivity contribution < 1.29 is 14.7 Å². The SMILES string of the molecule is CC(=O)Nc1cccc(Nc2ccc(C(=O)O)cc2C)c1. The number of rotatable bonds is 4. The number of aryl methyl sites for hydroxylation is 1. The molecule has 0 unspecified atom stereocenters. The summed E-state index contributed by atoms with van der Waals surface area (Å²) in [6.07, 6.45) is 0. The fourth-order valence-corrected chi connectivity index (χ4v) is 1.97. The Morgan fingerprint density at radius 1 is 1.05 bits per heavy atom. The van der Waals surface area contributed by atoms with Crippen molar-refractivity contribution in [3.63, 3.8) is 0 Å². The predicted molar refractivity (Wildman–Crippen MR) is 82.2 cm³/mol. The second kappa shape index (κ2) is 6.09. The lowest BCUT2D eigenvalue weighted by Gasteiger charge is -2.11. The van der Waals surface area contributed by atoms with Gasteiger partial charge in [0, 0.05) is 24.0 Å². The molecule has 0 atom stereocenters. The summed E-state index contributed by atoms with van der Waals surface area (Å²) in [4.78, 5) is 22.0. The van der Waals surface area contributed by atoms with E-state index in [1.807, 2.05) is 25.1 Å². The zero-order chi connectivity index (χ0) is 15.4. The molecule has 0 spiro atoms. The second-order valence-electron chi connectivity index (χ2n) is 4.72. The summed E-state index contributed by atoms with van der Waals surface area (Å²) in [6.45, 7) is 3.29. The molecule has 0 radical (unpaired) electrons. The van der Waals surface area contributed by atoms with E-state index in [0.29, 0.717) is 5.69 Å². The molecule has 0 aliphatic carbocycles. The van der Waals surface area contributed by atoms with Crippen LogP contribution in [0.15, 0.2) is 42.5 Å². The van der Waals surface area contributed by atoms with E-state index in [4.69, 9.17) is 5.11 Å². The van der Waals surface area contributed by atoms with Crippen LogP contribution < -0.4 is 10.6 Å². The summed E-state index contributed by atoms with van der Waals surface area (Å²) in [5.74, 6) is -1.08. The van der Waals surface area contributed by atoms with Crippen LogP contribution >= 0.6 is 0 Å². The molecule has 0 aliphatic rings. The van der Waals surface area contributed by atoms with Gasteiger partial charge in [0.05, 0.1) is 5.56 Å². The largest absolute Gasteiger partial charge is 0.478 e. The van der Waals surface area contributed by atoms with Crippen molar-refractivity contribution in [3.8, 4) is 0 Å². The molecule has 3 N–H and O–H groups in total. The minimum Gasteiger partial charge on any atom is -0.478 e. The lowest BCUT2D eigenvalue weighted by molar-refractivity contribution is -0.114. The first-order chi connectivity index (χ1) is 9.95. The van der Waals surface area contributed by atoms with E-state index in [2.05, 4.69) is 10.6 Å². The number of anilines is 3. The van der Waals surface area contributed by atoms with E-state index >= 15 is 0 Å². The maximum atomic E-state index is 11.1. The molecule has 2 aromatic carbocycles. The van der Waals surface area contributed by atoms with Crippen LogP contribution in [0.25, 0.3) is 0 Å². The first kappa shape index (κ1) is 14.6. The normalized spacial score (nSPS) is 10.0. The number of hydrogen-bond acceptors (Lipinski definition) is 3. The van der Waals surface area contributed by atoms with E-state index in [-0.39, 0.29) is 11.5 Å². The van der Waals surface area contributed by atoms with E-state index in [1.165, 1.54) is 6.92 Å². The molecule has 0 heterocycles. The first-order valence-corrected chi connectivity index (χ1v) is 6.44. The van der Waals surface area contributed by atoms with Crippen molar-refractivity contribution in [1.29, 1.82) is 0 Å². The van der Waals surface area contributed by atoms with Crippen LogP contribution in [0.5, 0.6) is 0 Å². The predicted octanol–water partition coefficient (Wildman–Crippen LogP) is 3.40. The number of hydrogen-bond donors (Lipinski definition) is 3. The highest BCUT2D eigenvalue weighted by atomic mass is 16.4. The zero-order valence-electron chi connectivity index (χ0n) is 11.8. The molecule has 0 aliphatic heterocycles. The highest BCUT2D eigenvalue weighted by Gasteiger charge is 2.06. The van der Waals surface area contributed by atoms with Gasteiger partial charge in [0.15, 0.2) is 0 Å². The minimum atomic E-state index is -0.947. The fraction of sp³-hybridized carbons (Fsp3) is 0.125.